The summed E-state index contributed by atoms with van der Waals surface area (Å²) in [5.74, 6) is -1.35. The van der Waals surface area contributed by atoms with Crippen LogP contribution in [-0.4, -0.2) is 28.6 Å². The lowest BCUT2D eigenvalue weighted by molar-refractivity contribution is -0.175. The molecule has 98 valence electrons. The first-order valence-corrected chi connectivity index (χ1v) is 4.96. The van der Waals surface area contributed by atoms with Crippen molar-refractivity contribution >= 4 is 12.0 Å². The Kier molecular flexibility index (Phi) is 2.93. The van der Waals surface area contributed by atoms with E-state index in [0.29, 0.717) is 22.5 Å². The van der Waals surface area contributed by atoms with Crippen molar-refractivity contribution in [3.05, 3.63) is 29.2 Å². The summed E-state index contributed by atoms with van der Waals surface area (Å²) in [6, 6.07) is 1.28. The monoisotopic (exact) mass is 262 g/mol. The highest BCUT2D eigenvalue weighted by Gasteiger charge is 2.31. The van der Waals surface area contributed by atoms with E-state index in [0.717, 1.165) is 0 Å². The number of carboxylic acid groups (broad SMARTS) is 1. The van der Waals surface area contributed by atoms with E-state index >= 15 is 0 Å². The largest absolute Gasteiger partial charge is 0.476 e. The third kappa shape index (κ3) is 2.41. The average molecular weight is 262 g/mol. The minimum atomic E-state index is -4.52. The van der Waals surface area contributed by atoms with E-state index in [2.05, 4.69) is 10.2 Å². The average Bonchev–Trinajstić information content (AvgIpc) is 2.64. The Bertz CT molecular complexity index is 505. The zero-order valence-electron chi connectivity index (χ0n) is 8.99. The molecule has 0 atom stereocenters. The summed E-state index contributed by atoms with van der Waals surface area (Å²) in [4.78, 5) is 15.5. The van der Waals surface area contributed by atoms with Crippen LogP contribution in [-0.2, 0) is 6.54 Å². The molecule has 0 fully saturated rings. The molecular formula is C10H9F3N2O3. The van der Waals surface area contributed by atoms with Gasteiger partial charge >= 0.3 is 12.1 Å². The first-order valence-electron chi connectivity index (χ1n) is 4.96. The van der Waals surface area contributed by atoms with Crippen molar-refractivity contribution < 1.29 is 27.9 Å². The van der Waals surface area contributed by atoms with Gasteiger partial charge in [0.2, 0.25) is 6.61 Å². The number of carboxylic acids is 1. The van der Waals surface area contributed by atoms with E-state index in [-0.39, 0.29) is 5.69 Å². The molecule has 0 spiro atoms. The van der Waals surface area contributed by atoms with Crippen LogP contribution in [0.5, 0.6) is 0 Å². The third-order valence-electron chi connectivity index (χ3n) is 2.31. The van der Waals surface area contributed by atoms with Gasteiger partial charge in [-0.2, -0.15) is 17.9 Å². The molecule has 0 saturated carbocycles. The second kappa shape index (κ2) is 4.28. The normalized spacial score (nSPS) is 13.9. The molecule has 2 N–H and O–H groups in total. The van der Waals surface area contributed by atoms with Crippen LogP contribution >= 0.6 is 0 Å². The second-order valence-corrected chi connectivity index (χ2v) is 3.64. The van der Waals surface area contributed by atoms with Gasteiger partial charge in [-0.15, -0.1) is 0 Å². The SMILES string of the molecule is O=C(O)c1cc2c(n1OCC(F)(F)F)C=CNC2. The Morgan fingerprint density at radius 3 is 2.89 bits per heavy atom. The highest BCUT2D eigenvalue weighted by atomic mass is 19.4. The fourth-order valence-corrected chi connectivity index (χ4v) is 1.61. The quantitative estimate of drug-likeness (QED) is 0.860. The molecule has 1 aromatic heterocycles. The van der Waals surface area contributed by atoms with E-state index < -0.39 is 18.8 Å². The molecule has 0 aliphatic carbocycles. The summed E-state index contributed by atoms with van der Waals surface area (Å²) in [5.41, 5.74) is 0.532. The highest BCUT2D eigenvalue weighted by Crippen LogP contribution is 2.21. The molecule has 1 aliphatic heterocycles. The molecule has 2 rings (SSSR count). The van der Waals surface area contributed by atoms with Gasteiger partial charge in [0, 0.05) is 12.1 Å². The van der Waals surface area contributed by atoms with Gasteiger partial charge in [0.05, 0.1) is 5.69 Å². The molecule has 0 amide bonds. The van der Waals surface area contributed by atoms with Crippen LogP contribution in [0.15, 0.2) is 12.3 Å². The standard InChI is InChI=1S/C10H9F3N2O3/c11-10(12,13)5-18-15-7-1-2-14-4-6(7)3-8(15)9(16)17/h1-3,14H,4-5H2,(H,16,17). The molecule has 1 aliphatic rings. The first kappa shape index (κ1) is 12.3. The zero-order valence-corrected chi connectivity index (χ0v) is 8.99. The number of nitrogens with zero attached hydrogens (tertiary/aromatic N) is 1. The third-order valence-corrected chi connectivity index (χ3v) is 2.31. The van der Waals surface area contributed by atoms with Crippen LogP contribution in [0.25, 0.3) is 6.08 Å². The van der Waals surface area contributed by atoms with E-state index in [4.69, 9.17) is 5.11 Å². The molecule has 18 heavy (non-hydrogen) atoms. The van der Waals surface area contributed by atoms with Crippen molar-refractivity contribution in [2.45, 2.75) is 12.7 Å². The maximum atomic E-state index is 12.1. The Morgan fingerprint density at radius 2 is 2.28 bits per heavy atom. The summed E-state index contributed by atoms with van der Waals surface area (Å²) >= 11 is 0. The van der Waals surface area contributed by atoms with Crippen LogP contribution < -0.4 is 10.2 Å². The molecule has 0 bridgehead atoms. The number of halogens is 3. The number of hydrogen-bond acceptors (Lipinski definition) is 3. The predicted molar refractivity (Wildman–Crippen MR) is 54.8 cm³/mol. The van der Waals surface area contributed by atoms with Crippen molar-refractivity contribution in [3.8, 4) is 0 Å². The lowest BCUT2D eigenvalue weighted by Crippen LogP contribution is -2.28. The zero-order chi connectivity index (χ0) is 13.3. The minimum absolute atomic E-state index is 0.301. The molecule has 0 unspecified atom stereocenters. The fraction of sp³-hybridized carbons (Fsp3) is 0.300. The number of alkyl halides is 3. The second-order valence-electron chi connectivity index (χ2n) is 3.64. The van der Waals surface area contributed by atoms with Gasteiger partial charge in [-0.1, -0.05) is 0 Å². The minimum Gasteiger partial charge on any atom is -0.476 e. The van der Waals surface area contributed by atoms with Crippen molar-refractivity contribution in [2.75, 3.05) is 6.61 Å². The van der Waals surface area contributed by atoms with Crippen molar-refractivity contribution in [3.63, 3.8) is 0 Å². The predicted octanol–water partition coefficient (Wildman–Crippen LogP) is 1.25. The Hall–Kier alpha value is -2.12. The smallest absolute Gasteiger partial charge is 0.425 e. The Labute approximate surface area is 99.4 Å². The number of hydrogen-bond donors (Lipinski definition) is 2. The van der Waals surface area contributed by atoms with Gasteiger partial charge in [0.1, 0.15) is 0 Å². The van der Waals surface area contributed by atoms with Gasteiger partial charge in [0.15, 0.2) is 5.69 Å². The highest BCUT2D eigenvalue weighted by molar-refractivity contribution is 5.87. The summed E-state index contributed by atoms with van der Waals surface area (Å²) in [6.07, 6.45) is -1.55. The molecule has 0 aromatic carbocycles. The topological polar surface area (TPSA) is 63.5 Å². The van der Waals surface area contributed by atoms with Crippen LogP contribution in [0.1, 0.15) is 21.7 Å². The molecule has 0 radical (unpaired) electrons. The summed E-state index contributed by atoms with van der Waals surface area (Å²) in [5, 5.41) is 11.7. The lowest BCUT2D eigenvalue weighted by Gasteiger charge is -2.15. The fourth-order valence-electron chi connectivity index (χ4n) is 1.61. The number of nitrogens with one attached hydrogen (secondary N) is 1. The number of fused-ring (bicyclic) bond motifs is 1. The molecule has 5 nitrogen and oxygen atoms in total. The van der Waals surface area contributed by atoms with Gasteiger partial charge in [-0.3, -0.25) is 0 Å². The molecule has 1 aromatic rings. The maximum absolute atomic E-state index is 12.1. The van der Waals surface area contributed by atoms with Gasteiger partial charge < -0.3 is 15.3 Å². The van der Waals surface area contributed by atoms with Crippen molar-refractivity contribution in [2.24, 2.45) is 0 Å². The number of rotatable bonds is 3. The van der Waals surface area contributed by atoms with Gasteiger partial charge in [0.25, 0.3) is 0 Å². The molecule has 2 heterocycles. The van der Waals surface area contributed by atoms with Crippen molar-refractivity contribution in [1.82, 2.24) is 10.0 Å². The van der Waals surface area contributed by atoms with E-state index in [1.165, 1.54) is 18.3 Å². The van der Waals surface area contributed by atoms with E-state index in [9.17, 15) is 18.0 Å². The maximum Gasteiger partial charge on any atom is 0.425 e. The van der Waals surface area contributed by atoms with Crippen LogP contribution in [0, 0.1) is 0 Å². The number of aromatic carboxylic acids is 1. The molecule has 0 saturated heterocycles. The lowest BCUT2D eigenvalue weighted by atomic mass is 10.2. The van der Waals surface area contributed by atoms with Gasteiger partial charge in [-0.25, -0.2) is 4.79 Å². The Balaban J connectivity index is 2.35. The van der Waals surface area contributed by atoms with Crippen LogP contribution in [0.4, 0.5) is 13.2 Å². The van der Waals surface area contributed by atoms with E-state index in [1.807, 2.05) is 0 Å². The summed E-state index contributed by atoms with van der Waals surface area (Å²) in [6.45, 7) is -1.20. The summed E-state index contributed by atoms with van der Waals surface area (Å²) in [7, 11) is 0. The molecule has 8 heteroatoms. The van der Waals surface area contributed by atoms with Crippen LogP contribution in [0.2, 0.25) is 0 Å². The molecular weight excluding hydrogens is 253 g/mol. The number of aromatic nitrogens is 1. The van der Waals surface area contributed by atoms with E-state index in [1.54, 1.807) is 0 Å². The first-order chi connectivity index (χ1) is 8.38. The number of carbonyl (C=O) groups is 1. The van der Waals surface area contributed by atoms with Crippen LogP contribution in [0.3, 0.4) is 0 Å². The Morgan fingerprint density at radius 1 is 1.56 bits per heavy atom. The van der Waals surface area contributed by atoms with Crippen molar-refractivity contribution in [1.29, 1.82) is 0 Å². The van der Waals surface area contributed by atoms with Gasteiger partial charge in [-0.05, 0) is 18.3 Å². The summed E-state index contributed by atoms with van der Waals surface area (Å²) < 4.78 is 37.0.